The molecule has 0 amide bonds. The summed E-state index contributed by atoms with van der Waals surface area (Å²) in [6.07, 6.45) is 2.30. The summed E-state index contributed by atoms with van der Waals surface area (Å²) >= 11 is 0. The second-order valence-corrected chi connectivity index (χ2v) is 4.06. The fraction of sp³-hybridized carbons (Fsp3) is 0.250. The van der Waals surface area contributed by atoms with E-state index in [2.05, 4.69) is 15.5 Å². The van der Waals surface area contributed by atoms with Gasteiger partial charge in [-0.2, -0.15) is 0 Å². The number of rotatable bonds is 2. The van der Waals surface area contributed by atoms with Crippen molar-refractivity contribution in [2.75, 3.05) is 0 Å². The molecule has 0 radical (unpaired) electrons. The predicted molar refractivity (Wildman–Crippen MR) is 62.8 cm³/mol. The lowest BCUT2D eigenvalue weighted by Gasteiger charge is -1.99. The molecular weight excluding hydrogens is 216 g/mol. The summed E-state index contributed by atoms with van der Waals surface area (Å²) in [5, 5.41) is 11.4. The third kappa shape index (κ3) is 1.91. The van der Waals surface area contributed by atoms with Crippen molar-refractivity contribution in [2.24, 2.45) is 7.05 Å². The maximum Gasteiger partial charge on any atom is 0.181 e. The van der Waals surface area contributed by atoms with Crippen molar-refractivity contribution in [3.63, 3.8) is 0 Å². The molecule has 2 heterocycles. The van der Waals surface area contributed by atoms with Crippen LogP contribution in [0.2, 0.25) is 0 Å². The molecule has 17 heavy (non-hydrogen) atoms. The molecule has 3 rings (SSSR count). The quantitative estimate of drug-likeness (QED) is 0.733. The number of tetrazole rings is 1. The van der Waals surface area contributed by atoms with Crippen molar-refractivity contribution >= 4 is 6.08 Å². The fourth-order valence-corrected chi connectivity index (χ4v) is 1.73. The van der Waals surface area contributed by atoms with Crippen LogP contribution in [-0.4, -0.2) is 26.3 Å². The van der Waals surface area contributed by atoms with Crippen LogP contribution in [0.25, 0.3) is 17.5 Å². The summed E-state index contributed by atoms with van der Waals surface area (Å²) < 4.78 is 6.95. The van der Waals surface area contributed by atoms with Crippen LogP contribution in [0.15, 0.2) is 30.0 Å². The SMILES string of the molecule is CC1OC1=Cc1cccc(-c2nnnn2C)c1. The van der Waals surface area contributed by atoms with Crippen LogP contribution < -0.4 is 0 Å². The van der Waals surface area contributed by atoms with Crippen LogP contribution in [0.3, 0.4) is 0 Å². The highest BCUT2D eigenvalue weighted by Crippen LogP contribution is 2.29. The van der Waals surface area contributed by atoms with E-state index in [0.29, 0.717) is 0 Å². The van der Waals surface area contributed by atoms with Gasteiger partial charge in [-0.05, 0) is 35.1 Å². The highest BCUT2D eigenvalue weighted by atomic mass is 16.6. The zero-order valence-corrected chi connectivity index (χ0v) is 9.66. The normalized spacial score (nSPS) is 20.4. The van der Waals surface area contributed by atoms with E-state index in [1.807, 2.05) is 44.3 Å². The van der Waals surface area contributed by atoms with Gasteiger partial charge < -0.3 is 4.74 Å². The lowest BCUT2D eigenvalue weighted by molar-refractivity contribution is 0.446. The van der Waals surface area contributed by atoms with Crippen LogP contribution in [0.1, 0.15) is 12.5 Å². The molecule has 1 aliphatic heterocycles. The van der Waals surface area contributed by atoms with E-state index >= 15 is 0 Å². The van der Waals surface area contributed by atoms with E-state index in [0.717, 1.165) is 22.7 Å². The van der Waals surface area contributed by atoms with Gasteiger partial charge in [-0.15, -0.1) is 5.10 Å². The van der Waals surface area contributed by atoms with E-state index in [-0.39, 0.29) is 6.10 Å². The van der Waals surface area contributed by atoms with Crippen molar-refractivity contribution in [2.45, 2.75) is 13.0 Å². The minimum Gasteiger partial charge on any atom is -0.483 e. The molecule has 0 bridgehead atoms. The Morgan fingerprint density at radius 1 is 1.41 bits per heavy atom. The molecule has 1 aliphatic rings. The highest BCUT2D eigenvalue weighted by molar-refractivity contribution is 5.63. The molecule has 5 heteroatoms. The Bertz CT molecular complexity index is 588. The number of epoxide rings is 1. The van der Waals surface area contributed by atoms with E-state index in [4.69, 9.17) is 4.74 Å². The summed E-state index contributed by atoms with van der Waals surface area (Å²) in [5.41, 5.74) is 2.10. The van der Waals surface area contributed by atoms with Crippen LogP contribution in [-0.2, 0) is 11.8 Å². The molecule has 86 valence electrons. The first-order chi connectivity index (χ1) is 8.24. The Morgan fingerprint density at radius 3 is 2.88 bits per heavy atom. The molecule has 1 saturated heterocycles. The van der Waals surface area contributed by atoms with Gasteiger partial charge in [0.05, 0.1) is 0 Å². The summed E-state index contributed by atoms with van der Waals surface area (Å²) in [5.74, 6) is 1.79. The topological polar surface area (TPSA) is 56.1 Å². The minimum atomic E-state index is 0.259. The van der Waals surface area contributed by atoms with Crippen LogP contribution in [0.5, 0.6) is 0 Å². The number of aromatic nitrogens is 4. The lowest BCUT2D eigenvalue weighted by Crippen LogP contribution is -1.94. The molecular formula is C12H12N4O. The molecule has 2 aromatic rings. The third-order valence-electron chi connectivity index (χ3n) is 2.73. The molecule has 1 atom stereocenters. The van der Waals surface area contributed by atoms with Gasteiger partial charge in [0.15, 0.2) is 11.9 Å². The number of hydrogen-bond acceptors (Lipinski definition) is 4. The molecule has 1 fully saturated rings. The molecule has 0 spiro atoms. The van der Waals surface area contributed by atoms with Gasteiger partial charge in [0, 0.05) is 12.6 Å². The maximum atomic E-state index is 5.29. The first-order valence-electron chi connectivity index (χ1n) is 5.45. The molecule has 5 nitrogen and oxygen atoms in total. The van der Waals surface area contributed by atoms with Crippen molar-refractivity contribution < 1.29 is 4.74 Å². The predicted octanol–water partition coefficient (Wildman–Crippen LogP) is 1.64. The van der Waals surface area contributed by atoms with Crippen molar-refractivity contribution in [1.29, 1.82) is 0 Å². The average Bonchev–Trinajstić information content (AvgIpc) is 2.84. The van der Waals surface area contributed by atoms with Crippen molar-refractivity contribution in [1.82, 2.24) is 20.2 Å². The minimum absolute atomic E-state index is 0.259. The molecule has 0 aliphatic carbocycles. The summed E-state index contributed by atoms with van der Waals surface area (Å²) in [7, 11) is 1.83. The van der Waals surface area contributed by atoms with Gasteiger partial charge >= 0.3 is 0 Å². The van der Waals surface area contributed by atoms with Gasteiger partial charge in [0.25, 0.3) is 0 Å². The number of hydrogen-bond donors (Lipinski definition) is 0. The van der Waals surface area contributed by atoms with Crippen LogP contribution in [0, 0.1) is 0 Å². The second-order valence-electron chi connectivity index (χ2n) is 4.06. The maximum absolute atomic E-state index is 5.29. The van der Waals surface area contributed by atoms with Crippen LogP contribution in [0.4, 0.5) is 0 Å². The molecule has 1 aromatic heterocycles. The van der Waals surface area contributed by atoms with Gasteiger partial charge in [-0.3, -0.25) is 0 Å². The lowest BCUT2D eigenvalue weighted by atomic mass is 10.1. The Hall–Kier alpha value is -2.17. The van der Waals surface area contributed by atoms with E-state index < -0.39 is 0 Å². The smallest absolute Gasteiger partial charge is 0.181 e. The Labute approximate surface area is 98.7 Å². The average molecular weight is 228 g/mol. The number of nitrogens with zero attached hydrogens (tertiary/aromatic N) is 4. The zero-order valence-electron chi connectivity index (χ0n) is 9.66. The molecule has 0 saturated carbocycles. The monoisotopic (exact) mass is 228 g/mol. The molecule has 0 N–H and O–H groups in total. The van der Waals surface area contributed by atoms with Gasteiger partial charge in [-0.1, -0.05) is 18.2 Å². The van der Waals surface area contributed by atoms with Crippen molar-refractivity contribution in [3.05, 3.63) is 35.6 Å². The Morgan fingerprint density at radius 2 is 2.24 bits per heavy atom. The molecule has 1 unspecified atom stereocenters. The van der Waals surface area contributed by atoms with Gasteiger partial charge in [-0.25, -0.2) is 4.68 Å². The number of aryl methyl sites for hydroxylation is 1. The van der Waals surface area contributed by atoms with Crippen LogP contribution >= 0.6 is 0 Å². The van der Waals surface area contributed by atoms with Gasteiger partial charge in [0.1, 0.15) is 5.76 Å². The van der Waals surface area contributed by atoms with Crippen molar-refractivity contribution in [3.8, 4) is 11.4 Å². The largest absolute Gasteiger partial charge is 0.483 e. The third-order valence-corrected chi connectivity index (χ3v) is 2.73. The van der Waals surface area contributed by atoms with E-state index in [1.165, 1.54) is 0 Å². The highest BCUT2D eigenvalue weighted by Gasteiger charge is 2.26. The van der Waals surface area contributed by atoms with Gasteiger partial charge in [0.2, 0.25) is 0 Å². The number of benzene rings is 1. The van der Waals surface area contributed by atoms with E-state index in [1.54, 1.807) is 4.68 Å². The summed E-state index contributed by atoms with van der Waals surface area (Å²) in [6.45, 7) is 2.03. The Balaban J connectivity index is 1.97. The zero-order chi connectivity index (χ0) is 11.8. The standard InChI is InChI=1S/C12H12N4O/c1-8-11(17-8)7-9-4-3-5-10(6-9)12-13-14-15-16(12)2/h3-8H,1-2H3. The number of ether oxygens (including phenoxy) is 1. The first kappa shape index (κ1) is 10.0. The summed E-state index contributed by atoms with van der Waals surface area (Å²) in [4.78, 5) is 0. The molecule has 1 aromatic carbocycles. The Kier molecular flexibility index (Phi) is 2.18. The van der Waals surface area contributed by atoms with E-state index in [9.17, 15) is 0 Å². The fourth-order valence-electron chi connectivity index (χ4n) is 1.73. The first-order valence-corrected chi connectivity index (χ1v) is 5.45. The summed E-state index contributed by atoms with van der Waals surface area (Å²) in [6, 6.07) is 8.07. The second kappa shape index (κ2) is 3.69.